The van der Waals surface area contributed by atoms with Gasteiger partial charge in [-0.3, -0.25) is 14.5 Å². The highest BCUT2D eigenvalue weighted by atomic mass is 32.2. The second-order valence-electron chi connectivity index (χ2n) is 7.37. The molecule has 2 unspecified atom stereocenters. The summed E-state index contributed by atoms with van der Waals surface area (Å²) < 4.78 is 5.35. The average Bonchev–Trinajstić information content (AvgIpc) is 3.31. The van der Waals surface area contributed by atoms with Gasteiger partial charge in [0.25, 0.3) is 5.91 Å². The normalized spacial score (nSPS) is 23.7. The first-order chi connectivity index (χ1) is 13.1. The van der Waals surface area contributed by atoms with Crippen molar-refractivity contribution in [3.05, 3.63) is 22.4 Å². The van der Waals surface area contributed by atoms with Gasteiger partial charge in [-0.2, -0.15) is 0 Å². The highest BCUT2D eigenvalue weighted by Crippen LogP contribution is 2.35. The summed E-state index contributed by atoms with van der Waals surface area (Å²) in [6.07, 6.45) is 0.902. The van der Waals surface area contributed by atoms with Crippen LogP contribution in [0.3, 0.4) is 0 Å². The Bertz CT molecular complexity index is 618. The van der Waals surface area contributed by atoms with Gasteiger partial charge in [0.1, 0.15) is 6.04 Å². The van der Waals surface area contributed by atoms with E-state index in [-0.39, 0.29) is 17.2 Å². The van der Waals surface area contributed by atoms with Gasteiger partial charge in [0.2, 0.25) is 5.91 Å². The molecule has 0 spiro atoms. The first kappa shape index (κ1) is 20.6. The van der Waals surface area contributed by atoms with Crippen LogP contribution < -0.4 is 5.32 Å². The molecule has 0 bridgehead atoms. The summed E-state index contributed by atoms with van der Waals surface area (Å²) >= 11 is 3.16. The molecule has 8 heteroatoms. The number of rotatable bonds is 7. The minimum Gasteiger partial charge on any atom is -0.379 e. The van der Waals surface area contributed by atoms with Gasteiger partial charge in [-0.05, 0) is 23.8 Å². The molecule has 2 amide bonds. The van der Waals surface area contributed by atoms with E-state index in [1.807, 2.05) is 22.4 Å². The van der Waals surface area contributed by atoms with E-state index in [0.29, 0.717) is 23.1 Å². The lowest BCUT2D eigenvalue weighted by Crippen LogP contribution is -2.51. The van der Waals surface area contributed by atoms with Crippen molar-refractivity contribution in [3.8, 4) is 0 Å². The second kappa shape index (κ2) is 9.91. The summed E-state index contributed by atoms with van der Waals surface area (Å²) in [5.41, 5.74) is 0. The minimum atomic E-state index is -0.391. The number of ether oxygens (including phenoxy) is 1. The fraction of sp³-hybridized carbons (Fsp3) is 0.684. The van der Waals surface area contributed by atoms with Crippen LogP contribution in [0.25, 0.3) is 0 Å². The van der Waals surface area contributed by atoms with Crippen LogP contribution in [0, 0.1) is 5.92 Å². The second-order valence-corrected chi connectivity index (χ2v) is 9.53. The van der Waals surface area contributed by atoms with Crippen molar-refractivity contribution in [2.45, 2.75) is 31.7 Å². The molecule has 2 fully saturated rings. The lowest BCUT2D eigenvalue weighted by molar-refractivity contribution is -0.125. The number of thioether (sulfide) groups is 1. The van der Waals surface area contributed by atoms with E-state index < -0.39 is 6.04 Å². The third kappa shape index (κ3) is 5.47. The number of nitrogens with zero attached hydrogens (tertiary/aromatic N) is 2. The van der Waals surface area contributed by atoms with E-state index in [9.17, 15) is 9.59 Å². The Kier molecular flexibility index (Phi) is 7.57. The molecule has 0 radical (unpaired) electrons. The molecule has 0 saturated carbocycles. The molecule has 2 saturated heterocycles. The summed E-state index contributed by atoms with van der Waals surface area (Å²) in [6, 6.07) is 3.34. The Morgan fingerprint density at radius 3 is 2.78 bits per heavy atom. The quantitative estimate of drug-likeness (QED) is 0.745. The Morgan fingerprint density at radius 1 is 1.33 bits per heavy atom. The molecule has 2 aliphatic heterocycles. The van der Waals surface area contributed by atoms with Crippen LogP contribution in [0.15, 0.2) is 17.5 Å². The van der Waals surface area contributed by atoms with Gasteiger partial charge in [0.05, 0.1) is 23.5 Å². The molecule has 0 aliphatic carbocycles. The highest BCUT2D eigenvalue weighted by Gasteiger charge is 2.42. The summed E-state index contributed by atoms with van der Waals surface area (Å²) in [5.74, 6) is 1.09. The van der Waals surface area contributed by atoms with E-state index in [0.717, 1.165) is 39.3 Å². The summed E-state index contributed by atoms with van der Waals surface area (Å²) in [6.45, 7) is 9.08. The van der Waals surface area contributed by atoms with Crippen molar-refractivity contribution >= 4 is 34.9 Å². The van der Waals surface area contributed by atoms with Crippen molar-refractivity contribution < 1.29 is 14.3 Å². The largest absolute Gasteiger partial charge is 0.379 e. The van der Waals surface area contributed by atoms with Gasteiger partial charge < -0.3 is 15.0 Å². The standard InChI is InChI=1S/C19H29N3O3S2/c1-14(2)12-17-22(19(24)16-4-3-11-26-16)15(13-27-17)18(23)20-5-6-21-7-9-25-10-8-21/h3-4,11,14-15,17H,5-10,12-13H2,1-2H3,(H,20,23). The number of amides is 2. The fourth-order valence-electron chi connectivity index (χ4n) is 3.43. The smallest absolute Gasteiger partial charge is 0.265 e. The molecule has 0 aromatic carbocycles. The van der Waals surface area contributed by atoms with Crippen LogP contribution in [0.2, 0.25) is 0 Å². The van der Waals surface area contributed by atoms with Crippen molar-refractivity contribution in [3.63, 3.8) is 0 Å². The minimum absolute atomic E-state index is 0.0195. The highest BCUT2D eigenvalue weighted by molar-refractivity contribution is 8.00. The zero-order valence-electron chi connectivity index (χ0n) is 16.1. The summed E-state index contributed by atoms with van der Waals surface area (Å²) in [5, 5.41) is 5.02. The molecule has 3 heterocycles. The maximum absolute atomic E-state index is 13.1. The molecular weight excluding hydrogens is 382 g/mol. The van der Waals surface area contributed by atoms with Crippen LogP contribution in [0.5, 0.6) is 0 Å². The van der Waals surface area contributed by atoms with Crippen LogP contribution in [-0.4, -0.2) is 78.2 Å². The molecule has 150 valence electrons. The SMILES string of the molecule is CC(C)CC1SCC(C(=O)NCCN2CCOCC2)N1C(=O)c1cccs1. The Balaban J connectivity index is 1.60. The van der Waals surface area contributed by atoms with Crippen molar-refractivity contribution in [1.29, 1.82) is 0 Å². The molecule has 1 N–H and O–H groups in total. The van der Waals surface area contributed by atoms with E-state index in [2.05, 4.69) is 24.1 Å². The van der Waals surface area contributed by atoms with Crippen molar-refractivity contribution in [1.82, 2.24) is 15.1 Å². The third-order valence-corrected chi connectivity index (χ3v) is 7.04. The lowest BCUT2D eigenvalue weighted by atomic mass is 10.1. The lowest BCUT2D eigenvalue weighted by Gasteiger charge is -2.30. The van der Waals surface area contributed by atoms with Gasteiger partial charge in [-0.15, -0.1) is 23.1 Å². The number of carbonyl (C=O) groups excluding carboxylic acids is 2. The average molecular weight is 412 g/mol. The van der Waals surface area contributed by atoms with Gasteiger partial charge >= 0.3 is 0 Å². The predicted molar refractivity (Wildman–Crippen MR) is 110 cm³/mol. The van der Waals surface area contributed by atoms with E-state index >= 15 is 0 Å². The molecule has 6 nitrogen and oxygen atoms in total. The van der Waals surface area contributed by atoms with Crippen LogP contribution in [-0.2, 0) is 9.53 Å². The number of morpholine rings is 1. The number of nitrogens with one attached hydrogen (secondary N) is 1. The molecule has 27 heavy (non-hydrogen) atoms. The zero-order valence-corrected chi connectivity index (χ0v) is 17.7. The number of hydrogen-bond donors (Lipinski definition) is 1. The number of carbonyl (C=O) groups is 2. The zero-order chi connectivity index (χ0) is 19.2. The van der Waals surface area contributed by atoms with E-state index in [4.69, 9.17) is 4.74 Å². The van der Waals surface area contributed by atoms with Gasteiger partial charge in [0.15, 0.2) is 0 Å². The fourth-order valence-corrected chi connectivity index (χ4v) is 5.74. The molecule has 2 atom stereocenters. The number of thiophene rings is 1. The van der Waals surface area contributed by atoms with E-state index in [1.165, 1.54) is 11.3 Å². The molecule has 2 aliphatic rings. The number of hydrogen-bond acceptors (Lipinski definition) is 6. The van der Waals surface area contributed by atoms with Crippen LogP contribution >= 0.6 is 23.1 Å². The maximum atomic E-state index is 13.1. The van der Waals surface area contributed by atoms with Crippen molar-refractivity contribution in [2.24, 2.45) is 5.92 Å². The molecule has 1 aromatic heterocycles. The monoisotopic (exact) mass is 411 g/mol. The summed E-state index contributed by atoms with van der Waals surface area (Å²) in [7, 11) is 0. The first-order valence-corrected chi connectivity index (χ1v) is 11.5. The molecule has 1 aromatic rings. The Hall–Kier alpha value is -1.09. The summed E-state index contributed by atoms with van der Waals surface area (Å²) in [4.78, 5) is 30.7. The Labute approximate surface area is 169 Å². The van der Waals surface area contributed by atoms with E-state index in [1.54, 1.807) is 11.8 Å². The van der Waals surface area contributed by atoms with Gasteiger partial charge in [0, 0.05) is 31.9 Å². The predicted octanol–water partition coefficient (Wildman–Crippen LogP) is 2.13. The van der Waals surface area contributed by atoms with Crippen LogP contribution in [0.1, 0.15) is 29.9 Å². The maximum Gasteiger partial charge on any atom is 0.265 e. The van der Waals surface area contributed by atoms with Crippen molar-refractivity contribution in [2.75, 3.05) is 45.1 Å². The topological polar surface area (TPSA) is 61.9 Å². The first-order valence-electron chi connectivity index (χ1n) is 9.62. The molecule has 3 rings (SSSR count). The van der Waals surface area contributed by atoms with Gasteiger partial charge in [-0.25, -0.2) is 0 Å². The third-order valence-electron chi connectivity index (χ3n) is 4.87. The Morgan fingerprint density at radius 2 is 2.11 bits per heavy atom. The van der Waals surface area contributed by atoms with Crippen LogP contribution in [0.4, 0.5) is 0 Å². The molecular formula is C19H29N3O3S2. The van der Waals surface area contributed by atoms with Gasteiger partial charge in [-0.1, -0.05) is 19.9 Å².